The van der Waals surface area contributed by atoms with Crippen LogP contribution < -0.4 is 5.32 Å². The Labute approximate surface area is 94.9 Å². The fourth-order valence-electron chi connectivity index (χ4n) is 1.35. The molecule has 3 heteroatoms. The molecule has 0 atom stereocenters. The topological polar surface area (TPSA) is 37.8 Å². The van der Waals surface area contributed by atoms with Crippen LogP contribution in [0.3, 0.4) is 0 Å². The molecule has 0 bridgehead atoms. The summed E-state index contributed by atoms with van der Waals surface area (Å²) in [5.74, 6) is 3.20. The number of hydrogen-bond acceptors (Lipinski definition) is 3. The molecule has 1 aromatic carbocycles. The molecule has 3 nitrogen and oxygen atoms in total. The van der Waals surface area contributed by atoms with Crippen molar-refractivity contribution in [3.05, 3.63) is 30.5 Å². The predicted molar refractivity (Wildman–Crippen MR) is 66.1 cm³/mol. The Kier molecular flexibility index (Phi) is 2.49. The van der Waals surface area contributed by atoms with Gasteiger partial charge in [0.15, 0.2) is 0 Å². The normalized spacial score (nSPS) is 11.1. The van der Waals surface area contributed by atoms with Crippen molar-refractivity contribution in [1.82, 2.24) is 9.97 Å². The van der Waals surface area contributed by atoms with E-state index in [1.165, 1.54) is 0 Å². The van der Waals surface area contributed by atoms with Crippen LogP contribution in [0.4, 0.5) is 5.95 Å². The van der Waals surface area contributed by atoms with E-state index in [0.717, 1.165) is 10.9 Å². The lowest BCUT2D eigenvalue weighted by Crippen LogP contribution is -2.29. The molecule has 0 fully saturated rings. The number of hydrogen-bond donors (Lipinski definition) is 1. The smallest absolute Gasteiger partial charge is 0.224 e. The summed E-state index contributed by atoms with van der Waals surface area (Å²) in [6, 6.07) is 7.84. The van der Waals surface area contributed by atoms with Crippen molar-refractivity contribution in [2.45, 2.75) is 19.4 Å². The Morgan fingerprint density at radius 1 is 1.31 bits per heavy atom. The van der Waals surface area contributed by atoms with Crippen LogP contribution in [0, 0.1) is 12.3 Å². The largest absolute Gasteiger partial charge is 0.338 e. The number of anilines is 1. The SMILES string of the molecule is C#CC(C)(C)Nc1ncc2ccccc2n1. The highest BCUT2D eigenvalue weighted by atomic mass is 15.1. The molecule has 80 valence electrons. The van der Waals surface area contributed by atoms with Gasteiger partial charge in [-0.2, -0.15) is 0 Å². The molecule has 0 spiro atoms. The fraction of sp³-hybridized carbons (Fsp3) is 0.231. The Morgan fingerprint density at radius 2 is 2.06 bits per heavy atom. The molecule has 0 saturated carbocycles. The summed E-state index contributed by atoms with van der Waals surface area (Å²) in [5.41, 5.74) is 0.468. The quantitative estimate of drug-likeness (QED) is 0.775. The lowest BCUT2D eigenvalue weighted by Gasteiger charge is -2.19. The van der Waals surface area contributed by atoms with Gasteiger partial charge < -0.3 is 5.32 Å². The van der Waals surface area contributed by atoms with Gasteiger partial charge in [-0.25, -0.2) is 9.97 Å². The molecule has 0 saturated heterocycles. The molecule has 1 N–H and O–H groups in total. The van der Waals surface area contributed by atoms with Crippen molar-refractivity contribution >= 4 is 16.9 Å². The first kappa shape index (κ1) is 10.4. The summed E-state index contributed by atoms with van der Waals surface area (Å²) >= 11 is 0. The maximum atomic E-state index is 5.40. The molecule has 0 radical (unpaired) electrons. The lowest BCUT2D eigenvalue weighted by molar-refractivity contribution is 0.730. The molecule has 0 aliphatic carbocycles. The van der Waals surface area contributed by atoms with Crippen LogP contribution in [0.25, 0.3) is 10.9 Å². The van der Waals surface area contributed by atoms with Crippen LogP contribution in [0.2, 0.25) is 0 Å². The summed E-state index contributed by atoms with van der Waals surface area (Å²) in [7, 11) is 0. The molecule has 0 aliphatic rings. The first-order valence-electron chi connectivity index (χ1n) is 5.08. The number of aromatic nitrogens is 2. The van der Waals surface area contributed by atoms with Crippen molar-refractivity contribution in [2.24, 2.45) is 0 Å². The molecule has 16 heavy (non-hydrogen) atoms. The zero-order valence-corrected chi connectivity index (χ0v) is 9.36. The van der Waals surface area contributed by atoms with E-state index in [9.17, 15) is 0 Å². The zero-order chi connectivity index (χ0) is 11.6. The van der Waals surface area contributed by atoms with E-state index in [1.807, 2.05) is 38.1 Å². The maximum Gasteiger partial charge on any atom is 0.224 e. The minimum atomic E-state index is -0.442. The van der Waals surface area contributed by atoms with E-state index >= 15 is 0 Å². The van der Waals surface area contributed by atoms with E-state index in [4.69, 9.17) is 6.42 Å². The highest BCUT2D eigenvalue weighted by molar-refractivity contribution is 5.78. The summed E-state index contributed by atoms with van der Waals surface area (Å²) in [5, 5.41) is 4.12. The zero-order valence-electron chi connectivity index (χ0n) is 9.36. The highest BCUT2D eigenvalue weighted by Crippen LogP contribution is 2.14. The summed E-state index contributed by atoms with van der Waals surface area (Å²) in [6.45, 7) is 3.82. The third kappa shape index (κ3) is 2.12. The van der Waals surface area contributed by atoms with Gasteiger partial charge in [-0.3, -0.25) is 0 Å². The average Bonchev–Trinajstić information content (AvgIpc) is 2.28. The molecule has 0 aliphatic heterocycles. The second kappa shape index (κ2) is 3.82. The third-order valence-corrected chi connectivity index (χ3v) is 2.27. The Bertz CT molecular complexity index is 552. The van der Waals surface area contributed by atoms with Crippen LogP contribution in [0.5, 0.6) is 0 Å². The fourth-order valence-corrected chi connectivity index (χ4v) is 1.35. The summed E-state index contributed by atoms with van der Waals surface area (Å²) in [6.07, 6.45) is 7.19. The van der Waals surface area contributed by atoms with Gasteiger partial charge in [0, 0.05) is 11.6 Å². The van der Waals surface area contributed by atoms with E-state index in [1.54, 1.807) is 6.20 Å². The summed E-state index contributed by atoms with van der Waals surface area (Å²) in [4.78, 5) is 8.61. The minimum Gasteiger partial charge on any atom is -0.338 e. The summed E-state index contributed by atoms with van der Waals surface area (Å²) < 4.78 is 0. The number of nitrogens with zero attached hydrogens (tertiary/aromatic N) is 2. The van der Waals surface area contributed by atoms with Crippen LogP contribution in [0.1, 0.15) is 13.8 Å². The van der Waals surface area contributed by atoms with Crippen LogP contribution in [0.15, 0.2) is 30.5 Å². The first-order valence-corrected chi connectivity index (χ1v) is 5.08. The van der Waals surface area contributed by atoms with Gasteiger partial charge in [0.05, 0.1) is 11.1 Å². The van der Waals surface area contributed by atoms with E-state index in [-0.39, 0.29) is 0 Å². The Hall–Kier alpha value is -2.08. The molecular formula is C13H13N3. The van der Waals surface area contributed by atoms with Gasteiger partial charge >= 0.3 is 0 Å². The van der Waals surface area contributed by atoms with Gasteiger partial charge in [0.25, 0.3) is 0 Å². The highest BCUT2D eigenvalue weighted by Gasteiger charge is 2.14. The molecule has 0 amide bonds. The first-order chi connectivity index (χ1) is 7.61. The molecule has 2 rings (SSSR count). The van der Waals surface area contributed by atoms with Gasteiger partial charge in [0.2, 0.25) is 5.95 Å². The predicted octanol–water partition coefficient (Wildman–Crippen LogP) is 2.45. The second-order valence-corrected chi connectivity index (χ2v) is 4.15. The Morgan fingerprint density at radius 3 is 2.81 bits per heavy atom. The number of para-hydroxylation sites is 1. The number of nitrogens with one attached hydrogen (secondary N) is 1. The van der Waals surface area contributed by atoms with Crippen molar-refractivity contribution < 1.29 is 0 Å². The number of benzene rings is 1. The van der Waals surface area contributed by atoms with Crippen LogP contribution in [-0.4, -0.2) is 15.5 Å². The number of terminal acetylenes is 1. The molecule has 2 aromatic rings. The molecule has 0 unspecified atom stereocenters. The number of fused-ring (bicyclic) bond motifs is 1. The standard InChI is InChI=1S/C13H13N3/c1-4-13(2,3)16-12-14-9-10-7-5-6-8-11(10)15-12/h1,5-9H,2-3H3,(H,14,15,16). The molecule has 1 aromatic heterocycles. The van der Waals surface area contributed by atoms with Crippen molar-refractivity contribution in [2.75, 3.05) is 5.32 Å². The molecule has 1 heterocycles. The Balaban J connectivity index is 2.37. The van der Waals surface area contributed by atoms with Crippen LogP contribution in [-0.2, 0) is 0 Å². The van der Waals surface area contributed by atoms with E-state index < -0.39 is 5.54 Å². The van der Waals surface area contributed by atoms with Crippen molar-refractivity contribution in [3.63, 3.8) is 0 Å². The van der Waals surface area contributed by atoms with Gasteiger partial charge in [-0.05, 0) is 19.9 Å². The van der Waals surface area contributed by atoms with E-state index in [2.05, 4.69) is 21.2 Å². The maximum absolute atomic E-state index is 5.40. The van der Waals surface area contributed by atoms with Gasteiger partial charge in [-0.15, -0.1) is 6.42 Å². The lowest BCUT2D eigenvalue weighted by atomic mass is 10.1. The average molecular weight is 211 g/mol. The van der Waals surface area contributed by atoms with Crippen molar-refractivity contribution in [1.29, 1.82) is 0 Å². The minimum absolute atomic E-state index is 0.442. The third-order valence-electron chi connectivity index (χ3n) is 2.27. The van der Waals surface area contributed by atoms with Crippen molar-refractivity contribution in [3.8, 4) is 12.3 Å². The van der Waals surface area contributed by atoms with E-state index in [0.29, 0.717) is 5.95 Å². The van der Waals surface area contributed by atoms with Crippen LogP contribution >= 0.6 is 0 Å². The van der Waals surface area contributed by atoms with Gasteiger partial charge in [-0.1, -0.05) is 24.1 Å². The molecular weight excluding hydrogens is 198 g/mol. The monoisotopic (exact) mass is 211 g/mol. The second-order valence-electron chi connectivity index (χ2n) is 4.15. The number of rotatable bonds is 2. The van der Waals surface area contributed by atoms with Gasteiger partial charge in [0.1, 0.15) is 0 Å².